The minimum Gasteiger partial charge on any atom is -0.325 e. The highest BCUT2D eigenvalue weighted by Crippen LogP contribution is 2.25. The molecule has 3 aromatic carbocycles. The summed E-state index contributed by atoms with van der Waals surface area (Å²) >= 11 is 14.2. The zero-order valence-corrected chi connectivity index (χ0v) is 20.0. The number of anilines is 1. The number of nitrogens with one attached hydrogen (secondary N) is 2. The first kappa shape index (κ1) is 23.0. The van der Waals surface area contributed by atoms with E-state index in [0.29, 0.717) is 5.69 Å². The highest BCUT2D eigenvalue weighted by atomic mass is 127. The Bertz CT molecular complexity index is 1140. The summed E-state index contributed by atoms with van der Waals surface area (Å²) in [5.74, 6) is -0.484. The summed E-state index contributed by atoms with van der Waals surface area (Å²) in [5.41, 5.74) is 1.37. The summed E-state index contributed by atoms with van der Waals surface area (Å²) in [6, 6.07) is 19.4. The quantitative estimate of drug-likeness (QED) is 0.384. The van der Waals surface area contributed by atoms with E-state index in [2.05, 4.69) is 32.6 Å². The summed E-state index contributed by atoms with van der Waals surface area (Å²) in [7, 11) is -4.11. The van der Waals surface area contributed by atoms with Crippen LogP contribution in [0.5, 0.6) is 0 Å². The molecule has 1 amide bonds. The van der Waals surface area contributed by atoms with Crippen LogP contribution in [-0.4, -0.2) is 20.4 Å². The number of benzene rings is 3. The summed E-state index contributed by atoms with van der Waals surface area (Å²) in [5, 5.41) is 3.00. The molecule has 5 nitrogen and oxygen atoms in total. The molecule has 3 rings (SSSR count). The van der Waals surface area contributed by atoms with E-state index in [4.69, 9.17) is 23.2 Å². The van der Waals surface area contributed by atoms with Gasteiger partial charge in [0, 0.05) is 14.3 Å². The van der Waals surface area contributed by atoms with Crippen LogP contribution in [0.1, 0.15) is 5.56 Å². The van der Waals surface area contributed by atoms with Crippen molar-refractivity contribution in [3.05, 3.63) is 92.0 Å². The third kappa shape index (κ3) is 6.18. The van der Waals surface area contributed by atoms with Crippen molar-refractivity contribution >= 4 is 67.4 Å². The van der Waals surface area contributed by atoms with Gasteiger partial charge in [-0.25, -0.2) is 8.42 Å². The van der Waals surface area contributed by atoms with Crippen LogP contribution in [0.25, 0.3) is 0 Å². The number of sulfonamides is 1. The van der Waals surface area contributed by atoms with Crippen molar-refractivity contribution in [1.29, 1.82) is 0 Å². The molecule has 2 N–H and O–H groups in total. The molecule has 3 aromatic rings. The molecule has 0 radical (unpaired) electrons. The maximum Gasteiger partial charge on any atom is 0.242 e. The van der Waals surface area contributed by atoms with Crippen LogP contribution in [0.15, 0.2) is 77.7 Å². The van der Waals surface area contributed by atoms with Crippen LogP contribution >= 0.6 is 45.8 Å². The van der Waals surface area contributed by atoms with Gasteiger partial charge in [-0.3, -0.25) is 4.79 Å². The first-order valence-corrected chi connectivity index (χ1v) is 12.1. The molecule has 0 spiro atoms. The second kappa shape index (κ2) is 10.1. The Kier molecular flexibility index (Phi) is 7.75. The maximum atomic E-state index is 13.0. The number of rotatable bonds is 7. The average molecular weight is 575 g/mol. The maximum absolute atomic E-state index is 13.0. The number of amides is 1. The fourth-order valence-corrected chi connectivity index (χ4v) is 5.05. The molecule has 156 valence electrons. The minimum atomic E-state index is -4.11. The molecule has 1 atom stereocenters. The number of carbonyl (C=O) groups is 1. The molecule has 9 heteroatoms. The largest absolute Gasteiger partial charge is 0.325 e. The van der Waals surface area contributed by atoms with E-state index >= 15 is 0 Å². The van der Waals surface area contributed by atoms with E-state index in [0.717, 1.165) is 9.13 Å². The molecule has 0 aromatic heterocycles. The second-order valence-electron chi connectivity index (χ2n) is 6.43. The van der Waals surface area contributed by atoms with Gasteiger partial charge < -0.3 is 5.32 Å². The molecule has 0 bridgehead atoms. The predicted octanol–water partition coefficient (Wildman–Crippen LogP) is 5.13. The molecular formula is C21H17Cl2IN2O3S. The average Bonchev–Trinajstić information content (AvgIpc) is 2.71. The Hall–Kier alpha value is -1.65. The lowest BCUT2D eigenvalue weighted by atomic mass is 10.1. The number of hydrogen-bond acceptors (Lipinski definition) is 3. The standard InChI is InChI=1S/C21H17Cl2IN2O3S/c22-15-6-11-18(23)20(13-15)30(28,29)26-19(12-14-4-2-1-3-5-14)21(27)25-17-9-7-16(24)8-10-17/h1-11,13,19,26H,12H2,(H,25,27)/t19-/m0/s1. The fraction of sp³-hybridized carbons (Fsp3) is 0.0952. The van der Waals surface area contributed by atoms with Crippen LogP contribution < -0.4 is 10.0 Å². The monoisotopic (exact) mass is 574 g/mol. The van der Waals surface area contributed by atoms with Gasteiger partial charge in [-0.2, -0.15) is 4.72 Å². The van der Waals surface area contributed by atoms with Gasteiger partial charge in [0.25, 0.3) is 0 Å². The van der Waals surface area contributed by atoms with Crippen LogP contribution in [0.3, 0.4) is 0 Å². The number of hydrogen-bond donors (Lipinski definition) is 2. The molecule has 0 saturated heterocycles. The predicted molar refractivity (Wildman–Crippen MR) is 129 cm³/mol. The number of halogens is 3. The smallest absolute Gasteiger partial charge is 0.242 e. The van der Waals surface area contributed by atoms with E-state index in [1.165, 1.54) is 18.2 Å². The Morgan fingerprint density at radius 1 is 0.967 bits per heavy atom. The molecular weight excluding hydrogens is 558 g/mol. The van der Waals surface area contributed by atoms with Crippen molar-refractivity contribution in [2.45, 2.75) is 17.4 Å². The zero-order valence-electron chi connectivity index (χ0n) is 15.5. The van der Waals surface area contributed by atoms with Gasteiger partial charge in [0.2, 0.25) is 15.9 Å². The lowest BCUT2D eigenvalue weighted by Gasteiger charge is -2.19. The van der Waals surface area contributed by atoms with Crippen LogP contribution in [-0.2, 0) is 21.2 Å². The van der Waals surface area contributed by atoms with E-state index in [-0.39, 0.29) is 21.4 Å². The normalized spacial score (nSPS) is 12.4. The fourth-order valence-electron chi connectivity index (χ4n) is 2.73. The molecule has 0 saturated carbocycles. The third-order valence-corrected chi connectivity index (χ3v) is 7.10. The highest BCUT2D eigenvalue weighted by Gasteiger charge is 2.28. The minimum absolute atomic E-state index is 0.0170. The highest BCUT2D eigenvalue weighted by molar-refractivity contribution is 14.1. The van der Waals surface area contributed by atoms with Gasteiger partial charge in [-0.15, -0.1) is 0 Å². The topological polar surface area (TPSA) is 75.3 Å². The van der Waals surface area contributed by atoms with Crippen LogP contribution in [0.2, 0.25) is 10.0 Å². The van der Waals surface area contributed by atoms with Crippen molar-refractivity contribution in [3.63, 3.8) is 0 Å². The molecule has 0 aliphatic rings. The van der Waals surface area contributed by atoms with E-state index in [1.54, 1.807) is 12.1 Å². The van der Waals surface area contributed by atoms with Crippen molar-refractivity contribution in [2.75, 3.05) is 5.32 Å². The molecule has 0 aliphatic heterocycles. The Morgan fingerprint density at radius 2 is 1.63 bits per heavy atom. The Morgan fingerprint density at radius 3 is 2.30 bits per heavy atom. The first-order valence-electron chi connectivity index (χ1n) is 8.82. The molecule has 0 unspecified atom stereocenters. The molecule has 0 aliphatic carbocycles. The van der Waals surface area contributed by atoms with Crippen LogP contribution in [0.4, 0.5) is 5.69 Å². The van der Waals surface area contributed by atoms with Gasteiger partial charge in [-0.05, 0) is 77.0 Å². The van der Waals surface area contributed by atoms with Gasteiger partial charge in [0.05, 0.1) is 5.02 Å². The summed E-state index contributed by atoms with van der Waals surface area (Å²) in [6.45, 7) is 0. The Labute approximate surface area is 199 Å². The van der Waals surface area contributed by atoms with Crippen molar-refractivity contribution in [2.24, 2.45) is 0 Å². The third-order valence-electron chi connectivity index (χ3n) is 4.19. The van der Waals surface area contributed by atoms with E-state index < -0.39 is 22.0 Å². The van der Waals surface area contributed by atoms with Gasteiger partial charge in [0.1, 0.15) is 10.9 Å². The molecule has 0 heterocycles. The van der Waals surface area contributed by atoms with E-state index in [9.17, 15) is 13.2 Å². The van der Waals surface area contributed by atoms with Crippen molar-refractivity contribution < 1.29 is 13.2 Å². The SMILES string of the molecule is O=C(Nc1ccc(I)cc1)[C@H](Cc1ccccc1)NS(=O)(=O)c1cc(Cl)ccc1Cl. The summed E-state index contributed by atoms with van der Waals surface area (Å²) in [6.07, 6.45) is 0.161. The Balaban J connectivity index is 1.89. The molecule has 0 fully saturated rings. The van der Waals surface area contributed by atoms with Gasteiger partial charge in [0.15, 0.2) is 0 Å². The lowest BCUT2D eigenvalue weighted by molar-refractivity contribution is -0.117. The second-order valence-corrected chi connectivity index (χ2v) is 10.2. The lowest BCUT2D eigenvalue weighted by Crippen LogP contribution is -2.45. The molecule has 30 heavy (non-hydrogen) atoms. The summed E-state index contributed by atoms with van der Waals surface area (Å²) < 4.78 is 29.4. The first-order chi connectivity index (χ1) is 14.2. The van der Waals surface area contributed by atoms with Gasteiger partial charge in [-0.1, -0.05) is 53.5 Å². The summed E-state index contributed by atoms with van der Waals surface area (Å²) in [4.78, 5) is 12.8. The van der Waals surface area contributed by atoms with Gasteiger partial charge >= 0.3 is 0 Å². The number of carbonyl (C=O) groups excluding carboxylic acids is 1. The zero-order chi connectivity index (χ0) is 21.7. The van der Waals surface area contributed by atoms with Crippen LogP contribution in [0, 0.1) is 3.57 Å². The van der Waals surface area contributed by atoms with E-state index in [1.807, 2.05) is 42.5 Å². The van der Waals surface area contributed by atoms with Crippen molar-refractivity contribution in [3.8, 4) is 0 Å². The van der Waals surface area contributed by atoms with Crippen molar-refractivity contribution in [1.82, 2.24) is 4.72 Å².